The van der Waals surface area contributed by atoms with Crippen LogP contribution in [0.4, 0.5) is 5.69 Å². The Balaban J connectivity index is 1.96. The van der Waals surface area contributed by atoms with E-state index < -0.39 is 0 Å². The van der Waals surface area contributed by atoms with Gasteiger partial charge in [0.05, 0.1) is 0 Å². The topological polar surface area (TPSA) is 33.2 Å². The minimum Gasteiger partial charge on any atom is -0.308 e. The quantitative estimate of drug-likeness (QED) is 0.797. The van der Waals surface area contributed by atoms with Gasteiger partial charge in [-0.15, -0.1) is 0 Å². The fraction of sp³-hybridized carbons (Fsp3) is 0.368. The van der Waals surface area contributed by atoms with Crippen LogP contribution < -0.4 is 4.90 Å². The first-order chi connectivity index (χ1) is 10.5. The molecule has 0 spiro atoms. The second-order valence-electron chi connectivity index (χ2n) is 6.87. The molecule has 0 atom stereocenters. The summed E-state index contributed by atoms with van der Waals surface area (Å²) in [5.41, 5.74) is 3.91. The number of amides is 1. The molecule has 0 N–H and O–H groups in total. The van der Waals surface area contributed by atoms with E-state index in [1.165, 1.54) is 5.56 Å². The molecular formula is C19H22N2O. The monoisotopic (exact) mass is 294 g/mol. The number of fused-ring (bicyclic) bond motifs is 1. The number of anilines is 1. The third-order valence-corrected chi connectivity index (χ3v) is 4.13. The predicted molar refractivity (Wildman–Crippen MR) is 89.4 cm³/mol. The highest BCUT2D eigenvalue weighted by Crippen LogP contribution is 2.28. The molecule has 2 aromatic rings. The number of nitrogens with zero attached hydrogens (tertiary/aromatic N) is 2. The molecule has 3 heteroatoms. The summed E-state index contributed by atoms with van der Waals surface area (Å²) < 4.78 is 0. The van der Waals surface area contributed by atoms with E-state index in [4.69, 9.17) is 0 Å². The molecule has 2 heterocycles. The second kappa shape index (κ2) is 5.56. The van der Waals surface area contributed by atoms with Gasteiger partial charge in [0.2, 0.25) is 0 Å². The molecule has 0 fully saturated rings. The van der Waals surface area contributed by atoms with Gasteiger partial charge in [-0.05, 0) is 36.6 Å². The van der Waals surface area contributed by atoms with E-state index in [-0.39, 0.29) is 11.3 Å². The van der Waals surface area contributed by atoms with Gasteiger partial charge in [-0.2, -0.15) is 0 Å². The molecule has 1 aromatic carbocycles. The third-order valence-electron chi connectivity index (χ3n) is 4.13. The number of carbonyl (C=O) groups is 1. The smallest absolute Gasteiger partial charge is 0.258 e. The average Bonchev–Trinajstić information content (AvgIpc) is 2.53. The van der Waals surface area contributed by atoms with Gasteiger partial charge in [-0.3, -0.25) is 9.78 Å². The molecule has 0 saturated carbocycles. The standard InChI is InChI=1S/C19H22N2O/c1-19(2,3)17-13-15(10-11-20-17)18(22)21-12-6-8-14-7-4-5-9-16(14)21/h4-5,7,9-11,13H,6,8,12H2,1-3H3. The van der Waals surface area contributed by atoms with E-state index >= 15 is 0 Å². The SMILES string of the molecule is CC(C)(C)c1cc(C(=O)N2CCCc3ccccc32)ccn1. The lowest BCUT2D eigenvalue weighted by molar-refractivity contribution is 0.0985. The largest absolute Gasteiger partial charge is 0.308 e. The van der Waals surface area contributed by atoms with Gasteiger partial charge >= 0.3 is 0 Å². The molecule has 0 aliphatic carbocycles. The number of carbonyl (C=O) groups excluding carboxylic acids is 1. The predicted octanol–water partition coefficient (Wildman–Crippen LogP) is 3.97. The zero-order valence-corrected chi connectivity index (χ0v) is 13.5. The van der Waals surface area contributed by atoms with Crippen molar-refractivity contribution in [1.82, 2.24) is 4.98 Å². The van der Waals surface area contributed by atoms with E-state index in [1.807, 2.05) is 35.2 Å². The van der Waals surface area contributed by atoms with Crippen LogP contribution in [-0.2, 0) is 11.8 Å². The highest BCUT2D eigenvalue weighted by atomic mass is 16.2. The van der Waals surface area contributed by atoms with Gasteiger partial charge in [0, 0.05) is 35.1 Å². The molecule has 1 amide bonds. The Morgan fingerprint density at radius 3 is 2.73 bits per heavy atom. The van der Waals surface area contributed by atoms with Crippen LogP contribution in [0.1, 0.15) is 48.8 Å². The summed E-state index contributed by atoms with van der Waals surface area (Å²) in [6, 6.07) is 11.9. The van der Waals surface area contributed by atoms with Gasteiger partial charge in [0.1, 0.15) is 0 Å². The van der Waals surface area contributed by atoms with Gasteiger partial charge in [-0.25, -0.2) is 0 Å². The number of aromatic nitrogens is 1. The average molecular weight is 294 g/mol. The van der Waals surface area contributed by atoms with Gasteiger partial charge in [0.15, 0.2) is 0 Å². The first-order valence-corrected chi connectivity index (χ1v) is 7.83. The molecule has 3 nitrogen and oxygen atoms in total. The Bertz CT molecular complexity index is 701. The van der Waals surface area contributed by atoms with Crippen molar-refractivity contribution < 1.29 is 4.79 Å². The van der Waals surface area contributed by atoms with Crippen molar-refractivity contribution in [3.63, 3.8) is 0 Å². The lowest BCUT2D eigenvalue weighted by atomic mass is 9.90. The minimum atomic E-state index is -0.0594. The van der Waals surface area contributed by atoms with Crippen LogP contribution in [0.2, 0.25) is 0 Å². The zero-order chi connectivity index (χ0) is 15.7. The summed E-state index contributed by atoms with van der Waals surface area (Å²) in [5, 5.41) is 0. The molecule has 114 valence electrons. The summed E-state index contributed by atoms with van der Waals surface area (Å²) in [4.78, 5) is 19.3. The maximum Gasteiger partial charge on any atom is 0.258 e. The van der Waals surface area contributed by atoms with Crippen molar-refractivity contribution >= 4 is 11.6 Å². The first kappa shape index (κ1) is 14.8. The summed E-state index contributed by atoms with van der Waals surface area (Å²) in [6.07, 6.45) is 3.80. The van der Waals surface area contributed by atoms with Crippen LogP contribution in [0.3, 0.4) is 0 Å². The molecule has 0 bridgehead atoms. The van der Waals surface area contributed by atoms with Gasteiger partial charge in [-0.1, -0.05) is 39.0 Å². The van der Waals surface area contributed by atoms with Crippen molar-refractivity contribution in [3.8, 4) is 0 Å². The van der Waals surface area contributed by atoms with Crippen LogP contribution >= 0.6 is 0 Å². The van der Waals surface area contributed by atoms with Crippen molar-refractivity contribution in [2.24, 2.45) is 0 Å². The minimum absolute atomic E-state index is 0.0594. The second-order valence-corrected chi connectivity index (χ2v) is 6.87. The highest BCUT2D eigenvalue weighted by molar-refractivity contribution is 6.06. The lowest BCUT2D eigenvalue weighted by Gasteiger charge is -2.30. The van der Waals surface area contributed by atoms with Crippen LogP contribution in [0, 0.1) is 0 Å². The number of hydrogen-bond acceptors (Lipinski definition) is 2. The highest BCUT2D eigenvalue weighted by Gasteiger charge is 2.24. The molecular weight excluding hydrogens is 272 g/mol. The molecule has 22 heavy (non-hydrogen) atoms. The van der Waals surface area contributed by atoms with Crippen molar-refractivity contribution in [3.05, 3.63) is 59.4 Å². The Morgan fingerprint density at radius 1 is 1.18 bits per heavy atom. The van der Waals surface area contributed by atoms with E-state index in [0.29, 0.717) is 0 Å². The maximum atomic E-state index is 12.9. The fourth-order valence-electron chi connectivity index (χ4n) is 2.87. The summed E-state index contributed by atoms with van der Waals surface area (Å²) in [7, 11) is 0. The summed E-state index contributed by atoms with van der Waals surface area (Å²) in [6.45, 7) is 7.11. The van der Waals surface area contributed by atoms with Crippen LogP contribution in [0.5, 0.6) is 0 Å². The maximum absolute atomic E-state index is 12.9. The van der Waals surface area contributed by atoms with E-state index in [9.17, 15) is 4.79 Å². The van der Waals surface area contributed by atoms with Crippen LogP contribution in [0.15, 0.2) is 42.6 Å². The van der Waals surface area contributed by atoms with Crippen LogP contribution in [-0.4, -0.2) is 17.4 Å². The molecule has 1 aromatic heterocycles. The van der Waals surface area contributed by atoms with E-state index in [2.05, 4.69) is 31.8 Å². The molecule has 1 aliphatic rings. The number of benzene rings is 1. The Kier molecular flexibility index (Phi) is 3.73. The summed E-state index contributed by atoms with van der Waals surface area (Å²) >= 11 is 0. The number of hydrogen-bond donors (Lipinski definition) is 0. The van der Waals surface area contributed by atoms with Crippen molar-refractivity contribution in [2.45, 2.75) is 39.0 Å². The Labute approximate surface area is 132 Å². The fourth-order valence-corrected chi connectivity index (χ4v) is 2.87. The normalized spacial score (nSPS) is 14.6. The molecule has 0 radical (unpaired) electrons. The Morgan fingerprint density at radius 2 is 1.95 bits per heavy atom. The number of para-hydroxylation sites is 1. The van der Waals surface area contributed by atoms with Gasteiger partial charge in [0.25, 0.3) is 5.91 Å². The van der Waals surface area contributed by atoms with Crippen LogP contribution in [0.25, 0.3) is 0 Å². The third kappa shape index (κ3) is 2.76. The molecule has 1 aliphatic heterocycles. The number of pyridine rings is 1. The van der Waals surface area contributed by atoms with Crippen molar-refractivity contribution in [2.75, 3.05) is 11.4 Å². The molecule has 0 saturated heterocycles. The molecule has 3 rings (SSSR count). The van der Waals surface area contributed by atoms with Crippen molar-refractivity contribution in [1.29, 1.82) is 0 Å². The number of rotatable bonds is 1. The Hall–Kier alpha value is -2.16. The lowest BCUT2D eigenvalue weighted by Crippen LogP contribution is -2.35. The van der Waals surface area contributed by atoms with E-state index in [0.717, 1.165) is 36.3 Å². The zero-order valence-electron chi connectivity index (χ0n) is 13.5. The number of aryl methyl sites for hydroxylation is 1. The molecule has 0 unspecified atom stereocenters. The summed E-state index contributed by atoms with van der Waals surface area (Å²) in [5.74, 6) is 0.0695. The van der Waals surface area contributed by atoms with E-state index in [1.54, 1.807) is 6.20 Å². The first-order valence-electron chi connectivity index (χ1n) is 7.83. The van der Waals surface area contributed by atoms with Gasteiger partial charge < -0.3 is 4.90 Å².